The number of fused-ring (bicyclic) bond motifs is 1. The van der Waals surface area contributed by atoms with E-state index < -0.39 is 17.3 Å². The predicted molar refractivity (Wildman–Crippen MR) is 161 cm³/mol. The van der Waals surface area contributed by atoms with Gasteiger partial charge in [-0.3, -0.25) is 4.79 Å². The van der Waals surface area contributed by atoms with Crippen molar-refractivity contribution in [2.45, 2.75) is 12.8 Å². The molecular weight excluding hydrogens is 670 g/mol. The average molecular weight is 690 g/mol. The summed E-state index contributed by atoms with van der Waals surface area (Å²) in [4.78, 5) is 17.9. The summed E-state index contributed by atoms with van der Waals surface area (Å²) in [6.45, 7) is 0.287. The van der Waals surface area contributed by atoms with Crippen LogP contribution in [0.25, 0.3) is 22.3 Å². The zero-order valence-electron chi connectivity index (χ0n) is 21.3. The zero-order valence-corrected chi connectivity index (χ0v) is 24.2. The molecule has 5 aromatic rings. The minimum absolute atomic E-state index is 0.0272. The first-order valence-corrected chi connectivity index (χ1v) is 13.6. The van der Waals surface area contributed by atoms with Gasteiger partial charge in [-0.05, 0) is 82.2 Å². The molecule has 0 spiro atoms. The third kappa shape index (κ3) is 6.38. The third-order valence-corrected chi connectivity index (χ3v) is 7.13. The lowest BCUT2D eigenvalue weighted by Gasteiger charge is -2.14. The second-order valence-electron chi connectivity index (χ2n) is 8.84. The lowest BCUT2D eigenvalue weighted by atomic mass is 10.1. The highest BCUT2D eigenvalue weighted by Crippen LogP contribution is 2.35. The Hall–Kier alpha value is -3.90. The van der Waals surface area contributed by atoms with Crippen LogP contribution in [0, 0.1) is 3.57 Å². The van der Waals surface area contributed by atoms with E-state index in [1.165, 1.54) is 25.5 Å². The Morgan fingerprint density at radius 3 is 2.51 bits per heavy atom. The van der Waals surface area contributed by atoms with Crippen molar-refractivity contribution >= 4 is 51.3 Å². The number of aromatic nitrogens is 2. The zero-order chi connectivity index (χ0) is 29.1. The highest BCUT2D eigenvalue weighted by atomic mass is 127. The van der Waals surface area contributed by atoms with Crippen LogP contribution in [-0.4, -0.2) is 23.0 Å². The van der Waals surface area contributed by atoms with Crippen LogP contribution in [0.15, 0.2) is 94.8 Å². The minimum Gasteiger partial charge on any atom is -0.493 e. The van der Waals surface area contributed by atoms with E-state index in [1.807, 2.05) is 12.1 Å². The number of para-hydroxylation sites is 1. The van der Waals surface area contributed by atoms with Crippen LogP contribution in [-0.2, 0) is 12.8 Å². The van der Waals surface area contributed by atoms with E-state index in [-0.39, 0.29) is 23.4 Å². The smallest absolute Gasteiger partial charge is 0.416 e. The molecule has 0 radical (unpaired) electrons. The van der Waals surface area contributed by atoms with Gasteiger partial charge >= 0.3 is 6.18 Å². The Balaban J connectivity index is 1.54. The van der Waals surface area contributed by atoms with Crippen molar-refractivity contribution in [3.8, 4) is 22.9 Å². The molecule has 1 aromatic heterocycles. The second-order valence-corrected chi connectivity index (χ2v) is 10.4. The summed E-state index contributed by atoms with van der Waals surface area (Å²) in [5.41, 5.74) is 0.543. The van der Waals surface area contributed by atoms with Crippen molar-refractivity contribution in [3.05, 3.63) is 121 Å². The fraction of sp³-hybridized carbons (Fsp3) is 0.100. The van der Waals surface area contributed by atoms with Gasteiger partial charge in [-0.1, -0.05) is 48.0 Å². The molecule has 41 heavy (non-hydrogen) atoms. The van der Waals surface area contributed by atoms with E-state index >= 15 is 0 Å². The number of alkyl halides is 3. The van der Waals surface area contributed by atoms with Gasteiger partial charge in [0.05, 0.1) is 33.4 Å². The van der Waals surface area contributed by atoms with Crippen molar-refractivity contribution in [3.63, 3.8) is 0 Å². The summed E-state index contributed by atoms with van der Waals surface area (Å²) >= 11 is 8.06. The normalized spacial score (nSPS) is 11.8. The fourth-order valence-electron chi connectivity index (χ4n) is 4.07. The van der Waals surface area contributed by atoms with Crippen LogP contribution in [0.1, 0.15) is 16.7 Å². The highest BCUT2D eigenvalue weighted by molar-refractivity contribution is 14.1. The summed E-state index contributed by atoms with van der Waals surface area (Å²) in [6, 6.07) is 22.0. The van der Waals surface area contributed by atoms with Gasteiger partial charge in [0.25, 0.3) is 5.56 Å². The lowest BCUT2D eigenvalue weighted by Crippen LogP contribution is -2.20. The van der Waals surface area contributed by atoms with E-state index in [2.05, 4.69) is 32.7 Å². The number of hydrogen-bond acceptors (Lipinski definition) is 5. The maximum atomic E-state index is 13.4. The molecule has 0 fully saturated rings. The molecular formula is C30H20ClF3IN3O3. The first kappa shape index (κ1) is 28.6. The molecule has 0 aliphatic rings. The van der Waals surface area contributed by atoms with Gasteiger partial charge in [0, 0.05) is 10.6 Å². The number of rotatable bonds is 7. The van der Waals surface area contributed by atoms with Gasteiger partial charge in [-0.2, -0.15) is 22.9 Å². The molecule has 0 aliphatic carbocycles. The van der Waals surface area contributed by atoms with Gasteiger partial charge in [0.1, 0.15) is 6.61 Å². The predicted octanol–water partition coefficient (Wildman–Crippen LogP) is 7.81. The molecule has 1 heterocycles. The van der Waals surface area contributed by atoms with Crippen LogP contribution in [0.5, 0.6) is 11.5 Å². The van der Waals surface area contributed by atoms with Crippen molar-refractivity contribution in [2.24, 2.45) is 5.10 Å². The molecule has 11 heteroatoms. The summed E-state index contributed by atoms with van der Waals surface area (Å²) < 4.78 is 53.6. The standard InChI is InChI=1S/C30H20ClF3IN3O3/c1-40-26-14-19(13-24(35)27(26)41-17-18-9-11-22(31)12-10-18)16-36-38-28(20-5-4-6-21(15-20)30(32,33)34)37-25-8-3-2-7-23(25)29(38)39/h2-16H,17H2,1H3. The number of halogens is 5. The largest absolute Gasteiger partial charge is 0.493 e. The molecule has 208 valence electrons. The number of ether oxygens (including phenoxy) is 2. The number of nitrogens with zero attached hydrogens (tertiary/aromatic N) is 3. The Bertz CT molecular complexity index is 1820. The van der Waals surface area contributed by atoms with E-state index in [1.54, 1.807) is 48.5 Å². The summed E-state index contributed by atoms with van der Waals surface area (Å²) in [5, 5.41) is 5.27. The molecule has 0 aliphatic heterocycles. The molecule has 5 rings (SSSR count). The van der Waals surface area contributed by atoms with Crippen LogP contribution >= 0.6 is 34.2 Å². The van der Waals surface area contributed by atoms with Crippen LogP contribution < -0.4 is 15.0 Å². The quantitative estimate of drug-likeness (QED) is 0.129. The maximum Gasteiger partial charge on any atom is 0.416 e. The van der Waals surface area contributed by atoms with Crippen molar-refractivity contribution in [1.29, 1.82) is 0 Å². The summed E-state index contributed by atoms with van der Waals surface area (Å²) in [7, 11) is 1.50. The molecule has 0 saturated heterocycles. The second kappa shape index (κ2) is 11.9. The Morgan fingerprint density at radius 1 is 1.02 bits per heavy atom. The molecule has 0 unspecified atom stereocenters. The Morgan fingerprint density at radius 2 is 1.78 bits per heavy atom. The van der Waals surface area contributed by atoms with E-state index in [4.69, 9.17) is 21.1 Å². The third-order valence-electron chi connectivity index (χ3n) is 6.07. The summed E-state index contributed by atoms with van der Waals surface area (Å²) in [5.74, 6) is 0.935. The number of methoxy groups -OCH3 is 1. The van der Waals surface area contributed by atoms with Gasteiger partial charge in [0.15, 0.2) is 17.3 Å². The summed E-state index contributed by atoms with van der Waals surface area (Å²) in [6.07, 6.45) is -3.14. The number of benzene rings is 4. The molecule has 6 nitrogen and oxygen atoms in total. The van der Waals surface area contributed by atoms with Crippen LogP contribution in [0.4, 0.5) is 13.2 Å². The van der Waals surface area contributed by atoms with Crippen LogP contribution in [0.3, 0.4) is 0 Å². The first-order valence-electron chi connectivity index (χ1n) is 12.1. The van der Waals surface area contributed by atoms with Gasteiger partial charge in [-0.25, -0.2) is 4.98 Å². The molecule has 4 aromatic carbocycles. The number of hydrogen-bond donors (Lipinski definition) is 0. The topological polar surface area (TPSA) is 65.7 Å². The minimum atomic E-state index is -4.56. The lowest BCUT2D eigenvalue weighted by molar-refractivity contribution is -0.137. The van der Waals surface area contributed by atoms with E-state index in [0.29, 0.717) is 27.6 Å². The SMILES string of the molecule is COc1cc(C=Nn2c(-c3cccc(C(F)(F)F)c3)nc3ccccc3c2=O)cc(I)c1OCc1ccc(Cl)cc1. The Kier molecular flexibility index (Phi) is 8.32. The molecule has 0 atom stereocenters. The van der Waals surface area contributed by atoms with Crippen molar-refractivity contribution in [2.75, 3.05) is 7.11 Å². The molecule has 0 amide bonds. The van der Waals surface area contributed by atoms with Gasteiger partial charge < -0.3 is 9.47 Å². The molecule has 0 saturated carbocycles. The van der Waals surface area contributed by atoms with E-state index in [0.717, 1.165) is 25.9 Å². The Labute approximate surface area is 251 Å². The monoisotopic (exact) mass is 689 g/mol. The van der Waals surface area contributed by atoms with Gasteiger partial charge in [0.2, 0.25) is 0 Å². The molecule has 0 N–H and O–H groups in total. The van der Waals surface area contributed by atoms with Crippen molar-refractivity contribution in [1.82, 2.24) is 9.66 Å². The van der Waals surface area contributed by atoms with E-state index in [9.17, 15) is 18.0 Å². The van der Waals surface area contributed by atoms with Gasteiger partial charge in [-0.15, -0.1) is 0 Å². The van der Waals surface area contributed by atoms with Crippen molar-refractivity contribution < 1.29 is 22.6 Å². The van der Waals surface area contributed by atoms with Crippen LogP contribution in [0.2, 0.25) is 5.02 Å². The fourth-order valence-corrected chi connectivity index (χ4v) is 4.97. The highest BCUT2D eigenvalue weighted by Gasteiger charge is 2.31. The molecule has 0 bridgehead atoms. The first-order chi connectivity index (χ1) is 19.6. The maximum absolute atomic E-state index is 13.4. The average Bonchev–Trinajstić information content (AvgIpc) is 2.96.